The summed E-state index contributed by atoms with van der Waals surface area (Å²) in [5.41, 5.74) is -0.143. The van der Waals surface area contributed by atoms with E-state index in [1.54, 1.807) is 6.07 Å². The summed E-state index contributed by atoms with van der Waals surface area (Å²) in [6.45, 7) is 0.708. The maximum Gasteiger partial charge on any atom is 0.282 e. The minimum atomic E-state index is -3.29. The molecule has 24 heavy (non-hydrogen) atoms. The third-order valence-electron chi connectivity index (χ3n) is 3.79. The predicted molar refractivity (Wildman–Crippen MR) is 91.8 cm³/mol. The van der Waals surface area contributed by atoms with Gasteiger partial charge in [0.05, 0.1) is 11.2 Å². The van der Waals surface area contributed by atoms with E-state index >= 15 is 0 Å². The first-order chi connectivity index (χ1) is 11.2. The molecule has 0 spiro atoms. The van der Waals surface area contributed by atoms with E-state index in [0.717, 1.165) is 11.2 Å². The molecule has 0 aliphatic carbocycles. The van der Waals surface area contributed by atoms with Crippen LogP contribution in [0.15, 0.2) is 23.1 Å². The molecule has 0 unspecified atom stereocenters. The first kappa shape index (κ1) is 18.7. The zero-order valence-electron chi connectivity index (χ0n) is 13.4. The molecule has 0 radical (unpaired) electrons. The quantitative estimate of drug-likeness (QED) is 0.475. The Balaban J connectivity index is 2.14. The van der Waals surface area contributed by atoms with Crippen LogP contribution >= 0.6 is 11.8 Å². The summed E-state index contributed by atoms with van der Waals surface area (Å²) in [6, 6.07) is 4.28. The van der Waals surface area contributed by atoms with E-state index in [4.69, 9.17) is 0 Å². The summed E-state index contributed by atoms with van der Waals surface area (Å²) in [7, 11) is -3.29. The lowest BCUT2D eigenvalue weighted by molar-refractivity contribution is -0.385. The van der Waals surface area contributed by atoms with Crippen LogP contribution in [0.4, 0.5) is 5.69 Å². The van der Waals surface area contributed by atoms with Gasteiger partial charge in [0.2, 0.25) is 10.0 Å². The summed E-state index contributed by atoms with van der Waals surface area (Å²) in [6.07, 6.45) is 3.89. The van der Waals surface area contributed by atoms with Crippen molar-refractivity contribution in [2.24, 2.45) is 0 Å². The molecule has 1 saturated heterocycles. The summed E-state index contributed by atoms with van der Waals surface area (Å²) in [4.78, 5) is 25.6. The number of piperidine rings is 1. The number of hydrogen-bond donors (Lipinski definition) is 1. The maximum absolute atomic E-state index is 12.7. The Morgan fingerprint density at radius 1 is 1.38 bits per heavy atom. The number of hydrogen-bond acceptors (Lipinski definition) is 6. The lowest BCUT2D eigenvalue weighted by Gasteiger charge is -2.32. The number of thioether (sulfide) groups is 1. The Bertz CT molecular complexity index is 743. The lowest BCUT2D eigenvalue weighted by atomic mass is 10.0. The number of nitrogens with zero attached hydrogens (tertiary/aromatic N) is 2. The van der Waals surface area contributed by atoms with E-state index in [1.165, 1.54) is 28.8 Å². The minimum Gasteiger partial charge on any atom is -0.338 e. The van der Waals surface area contributed by atoms with Crippen LogP contribution in [0.3, 0.4) is 0 Å². The number of amides is 1. The fraction of sp³-hybridized carbons (Fsp3) is 0.500. The summed E-state index contributed by atoms with van der Waals surface area (Å²) >= 11 is 1.40. The van der Waals surface area contributed by atoms with E-state index < -0.39 is 20.9 Å². The van der Waals surface area contributed by atoms with Gasteiger partial charge in [0, 0.05) is 30.1 Å². The lowest BCUT2D eigenvalue weighted by Crippen LogP contribution is -2.46. The molecule has 1 N–H and O–H groups in total. The van der Waals surface area contributed by atoms with Gasteiger partial charge < -0.3 is 4.90 Å². The molecule has 10 heteroatoms. The van der Waals surface area contributed by atoms with Gasteiger partial charge in [-0.05, 0) is 31.2 Å². The topological polar surface area (TPSA) is 110 Å². The average molecular weight is 373 g/mol. The second-order valence-corrected chi connectivity index (χ2v) is 8.26. The first-order valence-corrected chi connectivity index (χ1v) is 10.4. The molecule has 0 bridgehead atoms. The van der Waals surface area contributed by atoms with Crippen molar-refractivity contribution in [3.63, 3.8) is 0 Å². The number of rotatable bonds is 5. The Kier molecular flexibility index (Phi) is 5.83. The van der Waals surface area contributed by atoms with Crippen LogP contribution < -0.4 is 4.72 Å². The molecule has 1 aliphatic heterocycles. The van der Waals surface area contributed by atoms with Gasteiger partial charge in [0.25, 0.3) is 11.6 Å². The van der Waals surface area contributed by atoms with E-state index in [2.05, 4.69) is 4.72 Å². The molecule has 0 atom stereocenters. The van der Waals surface area contributed by atoms with Gasteiger partial charge in [0.15, 0.2) is 0 Å². The van der Waals surface area contributed by atoms with Gasteiger partial charge in [-0.1, -0.05) is 0 Å². The normalized spacial score (nSPS) is 16.2. The van der Waals surface area contributed by atoms with Gasteiger partial charge in [-0.25, -0.2) is 13.1 Å². The monoisotopic (exact) mass is 373 g/mol. The number of sulfonamides is 1. The minimum absolute atomic E-state index is 0.0707. The molecule has 0 saturated carbocycles. The number of benzene rings is 1. The van der Waals surface area contributed by atoms with Crippen LogP contribution in [0.5, 0.6) is 0 Å². The largest absolute Gasteiger partial charge is 0.338 e. The molecule has 1 heterocycles. The predicted octanol–water partition coefficient (Wildman–Crippen LogP) is 1.47. The fourth-order valence-corrected chi connectivity index (χ4v) is 3.93. The van der Waals surface area contributed by atoms with Crippen LogP contribution in [0.1, 0.15) is 23.2 Å². The molecule has 1 fully saturated rings. The number of carbonyl (C=O) groups is 1. The van der Waals surface area contributed by atoms with E-state index in [0.29, 0.717) is 25.9 Å². The number of carbonyl (C=O) groups excluding carboxylic acids is 1. The first-order valence-electron chi connectivity index (χ1n) is 7.30. The van der Waals surface area contributed by atoms with Gasteiger partial charge in [-0.15, -0.1) is 11.8 Å². The molecule has 1 aromatic rings. The summed E-state index contributed by atoms with van der Waals surface area (Å²) < 4.78 is 25.0. The molecule has 1 aliphatic rings. The van der Waals surface area contributed by atoms with Crippen molar-refractivity contribution < 1.29 is 18.1 Å². The highest BCUT2D eigenvalue weighted by Crippen LogP contribution is 2.27. The highest BCUT2D eigenvalue weighted by molar-refractivity contribution is 7.98. The van der Waals surface area contributed by atoms with Crippen LogP contribution in [0, 0.1) is 10.1 Å². The zero-order valence-corrected chi connectivity index (χ0v) is 15.0. The Hall–Kier alpha value is -1.65. The number of nitro benzene ring substituents is 1. The van der Waals surface area contributed by atoms with Crippen LogP contribution in [0.2, 0.25) is 0 Å². The molecule has 132 valence electrons. The van der Waals surface area contributed by atoms with Crippen LogP contribution in [-0.2, 0) is 10.0 Å². The van der Waals surface area contributed by atoms with Crippen molar-refractivity contribution in [1.82, 2.24) is 9.62 Å². The third-order valence-corrected chi connectivity index (χ3v) is 5.28. The molecule has 8 nitrogen and oxygen atoms in total. The molecule has 0 aromatic heterocycles. The van der Waals surface area contributed by atoms with E-state index in [1.807, 2.05) is 6.26 Å². The Morgan fingerprint density at radius 2 is 2.00 bits per heavy atom. The number of likely N-dealkylation sites (tertiary alicyclic amines) is 1. The SMILES string of the molecule is CSc1ccc([N+](=O)[O-])c(C(=O)N2CCC(NS(C)(=O)=O)CC2)c1. The molecular weight excluding hydrogens is 354 g/mol. The smallest absolute Gasteiger partial charge is 0.282 e. The summed E-state index contributed by atoms with van der Waals surface area (Å²) in [5, 5.41) is 11.2. The zero-order chi connectivity index (χ0) is 17.9. The van der Waals surface area contributed by atoms with Gasteiger partial charge >= 0.3 is 0 Å². The van der Waals surface area contributed by atoms with Gasteiger partial charge in [-0.2, -0.15) is 0 Å². The van der Waals surface area contributed by atoms with Gasteiger partial charge in [0.1, 0.15) is 5.56 Å². The summed E-state index contributed by atoms with van der Waals surface area (Å²) in [5.74, 6) is -0.393. The molecule has 1 aromatic carbocycles. The standard InChI is InChI=1S/C14H19N3O5S2/c1-23-11-3-4-13(17(19)20)12(9-11)14(18)16-7-5-10(6-8-16)15-24(2,21)22/h3-4,9-10,15H,5-8H2,1-2H3. The van der Waals surface area contributed by atoms with Crippen molar-refractivity contribution in [1.29, 1.82) is 0 Å². The highest BCUT2D eigenvalue weighted by atomic mass is 32.2. The highest BCUT2D eigenvalue weighted by Gasteiger charge is 2.29. The van der Waals surface area contributed by atoms with Crippen LogP contribution in [0.25, 0.3) is 0 Å². The van der Waals surface area contributed by atoms with Crippen molar-refractivity contribution in [2.75, 3.05) is 25.6 Å². The molecular formula is C14H19N3O5S2. The van der Waals surface area contributed by atoms with Crippen LogP contribution in [-0.4, -0.2) is 55.8 Å². The van der Waals surface area contributed by atoms with Gasteiger partial charge in [-0.3, -0.25) is 14.9 Å². The second-order valence-electron chi connectivity index (χ2n) is 5.60. The Labute approximate surface area is 144 Å². The fourth-order valence-electron chi connectivity index (χ4n) is 2.65. The average Bonchev–Trinajstić information content (AvgIpc) is 2.52. The van der Waals surface area contributed by atoms with E-state index in [9.17, 15) is 23.3 Å². The van der Waals surface area contributed by atoms with Crippen molar-refractivity contribution in [3.05, 3.63) is 33.9 Å². The number of nitro groups is 1. The maximum atomic E-state index is 12.7. The number of nitrogens with one attached hydrogen (secondary N) is 1. The van der Waals surface area contributed by atoms with Crippen molar-refractivity contribution >= 4 is 33.4 Å². The molecule has 2 rings (SSSR count). The Morgan fingerprint density at radius 3 is 2.50 bits per heavy atom. The second kappa shape index (κ2) is 7.49. The third kappa shape index (κ3) is 4.68. The van der Waals surface area contributed by atoms with Crippen molar-refractivity contribution in [2.45, 2.75) is 23.8 Å². The molecule has 1 amide bonds. The van der Waals surface area contributed by atoms with E-state index in [-0.39, 0.29) is 17.3 Å². The van der Waals surface area contributed by atoms with Crippen molar-refractivity contribution in [3.8, 4) is 0 Å².